The van der Waals surface area contributed by atoms with Crippen molar-refractivity contribution in [1.82, 2.24) is 10.2 Å². The molecule has 220 valence electrons. The molecule has 12 heteroatoms. The van der Waals surface area contributed by atoms with Gasteiger partial charge in [0.05, 0.1) is 18.4 Å². The molecule has 1 aliphatic rings. The summed E-state index contributed by atoms with van der Waals surface area (Å²) in [7, 11) is 0. The molecule has 1 fully saturated rings. The third kappa shape index (κ3) is 7.68. The quantitative estimate of drug-likeness (QED) is 0.256. The molecule has 5 N–H and O–H groups in total. The first-order valence-electron chi connectivity index (χ1n) is 12.9. The number of carbonyl (C=O) groups excluding carboxylic acids is 1. The minimum atomic E-state index is -2.74. The maximum Gasteiger partial charge on any atom is 0.336 e. The van der Waals surface area contributed by atoms with Gasteiger partial charge in [-0.25, -0.2) is 9.18 Å². The molecule has 0 aliphatic carbocycles. The molecular weight excluding hydrogens is 539 g/mol. The summed E-state index contributed by atoms with van der Waals surface area (Å²) >= 11 is 0. The highest BCUT2D eigenvalue weighted by atomic mass is 19.1. The molecule has 11 nitrogen and oxygen atoms in total. The molecular formula is C29H33FN2O9. The SMILES string of the molecule is CC(=O)NC1(c2ccccc2F)CCN(Cc2c(C)oc3ccccc23)CC1.O=C(O)CC(O)(CC(=O)O)C(=O)O. The van der Waals surface area contributed by atoms with Crippen LogP contribution in [0.5, 0.6) is 0 Å². The summed E-state index contributed by atoms with van der Waals surface area (Å²) in [5.41, 5.74) is -0.701. The number of rotatable bonds is 9. The number of benzene rings is 2. The van der Waals surface area contributed by atoms with Gasteiger partial charge in [0, 0.05) is 43.1 Å². The molecule has 2 heterocycles. The standard InChI is InChI=1S/C23H25FN2O2.C6H8O7/c1-16-19(18-7-3-6-10-22(18)28-16)15-26-13-11-23(12-14-26,25-17(2)27)20-8-4-5-9-21(20)24;7-3(8)1-6(13,5(11)12)2-4(9)10/h3-10H,11-15H2,1-2H3,(H,25,27);13H,1-2H2,(H,7,8)(H,9,10)(H,11,12). The molecule has 0 atom stereocenters. The number of hydrogen-bond donors (Lipinski definition) is 5. The molecule has 4 rings (SSSR count). The zero-order valence-electron chi connectivity index (χ0n) is 22.7. The fourth-order valence-electron chi connectivity index (χ4n) is 5.10. The monoisotopic (exact) mass is 572 g/mol. The van der Waals surface area contributed by atoms with Crippen LogP contribution in [-0.2, 0) is 31.3 Å². The summed E-state index contributed by atoms with van der Waals surface area (Å²) in [5, 5.41) is 38.0. The summed E-state index contributed by atoms with van der Waals surface area (Å²) in [6.07, 6.45) is -0.950. The lowest BCUT2D eigenvalue weighted by atomic mass is 9.80. The highest BCUT2D eigenvalue weighted by molar-refractivity contribution is 5.88. The van der Waals surface area contributed by atoms with Crippen LogP contribution in [0.15, 0.2) is 52.9 Å². The first-order chi connectivity index (χ1) is 19.3. The van der Waals surface area contributed by atoms with E-state index < -0.39 is 41.9 Å². The number of piperidine rings is 1. The van der Waals surface area contributed by atoms with Crippen LogP contribution in [-0.4, -0.2) is 67.8 Å². The molecule has 0 bridgehead atoms. The van der Waals surface area contributed by atoms with Gasteiger partial charge in [-0.2, -0.15) is 0 Å². The Balaban J connectivity index is 0.000000302. The van der Waals surface area contributed by atoms with Gasteiger partial charge in [0.25, 0.3) is 0 Å². The van der Waals surface area contributed by atoms with Crippen LogP contribution in [0.3, 0.4) is 0 Å². The molecule has 0 radical (unpaired) electrons. The predicted molar refractivity (Wildman–Crippen MR) is 144 cm³/mol. The second-order valence-corrected chi connectivity index (χ2v) is 10.1. The second-order valence-electron chi connectivity index (χ2n) is 10.1. The Hall–Kier alpha value is -4.29. The Bertz CT molecular complexity index is 1410. The average molecular weight is 573 g/mol. The van der Waals surface area contributed by atoms with Gasteiger partial charge < -0.3 is 30.2 Å². The van der Waals surface area contributed by atoms with E-state index in [1.807, 2.05) is 31.2 Å². The Kier molecular flexibility index (Phi) is 9.84. The van der Waals surface area contributed by atoms with E-state index in [9.17, 15) is 23.6 Å². The Morgan fingerprint density at radius 2 is 1.54 bits per heavy atom. The van der Waals surface area contributed by atoms with Gasteiger partial charge in [-0.05, 0) is 31.9 Å². The van der Waals surface area contributed by atoms with Crippen molar-refractivity contribution in [2.45, 2.75) is 57.2 Å². The number of hydrogen-bond acceptors (Lipinski definition) is 7. The molecule has 2 aromatic carbocycles. The number of carbonyl (C=O) groups is 4. The zero-order chi connectivity index (χ0) is 30.4. The van der Waals surface area contributed by atoms with E-state index in [0.717, 1.165) is 36.4 Å². The Labute approximate surface area is 235 Å². The summed E-state index contributed by atoms with van der Waals surface area (Å²) in [6, 6.07) is 14.8. The third-order valence-corrected chi connectivity index (χ3v) is 7.08. The van der Waals surface area contributed by atoms with Gasteiger partial charge >= 0.3 is 17.9 Å². The van der Waals surface area contributed by atoms with Crippen molar-refractivity contribution in [3.8, 4) is 0 Å². The number of aryl methyl sites for hydroxylation is 1. The van der Waals surface area contributed by atoms with E-state index in [-0.39, 0.29) is 11.7 Å². The lowest BCUT2D eigenvalue weighted by molar-refractivity contribution is -0.170. The van der Waals surface area contributed by atoms with E-state index >= 15 is 0 Å². The molecule has 41 heavy (non-hydrogen) atoms. The fourth-order valence-corrected chi connectivity index (χ4v) is 5.10. The van der Waals surface area contributed by atoms with Crippen molar-refractivity contribution in [2.75, 3.05) is 13.1 Å². The largest absolute Gasteiger partial charge is 0.481 e. The van der Waals surface area contributed by atoms with Crippen molar-refractivity contribution < 1.29 is 48.4 Å². The minimum Gasteiger partial charge on any atom is -0.481 e. The predicted octanol–water partition coefficient (Wildman–Crippen LogP) is 3.26. The van der Waals surface area contributed by atoms with E-state index in [2.05, 4.69) is 16.3 Å². The van der Waals surface area contributed by atoms with Gasteiger partial charge in [0.1, 0.15) is 17.2 Å². The number of nitrogens with zero attached hydrogens (tertiary/aromatic N) is 1. The number of aliphatic hydroxyl groups is 1. The minimum absolute atomic E-state index is 0.131. The lowest BCUT2D eigenvalue weighted by Crippen LogP contribution is -2.52. The summed E-state index contributed by atoms with van der Waals surface area (Å²) in [5.74, 6) is -4.47. The Morgan fingerprint density at radius 1 is 0.976 bits per heavy atom. The summed E-state index contributed by atoms with van der Waals surface area (Å²) in [4.78, 5) is 44.7. The van der Waals surface area contributed by atoms with Crippen molar-refractivity contribution in [2.24, 2.45) is 0 Å². The number of halogens is 1. The highest BCUT2D eigenvalue weighted by Crippen LogP contribution is 2.36. The smallest absolute Gasteiger partial charge is 0.336 e. The molecule has 1 aromatic heterocycles. The van der Waals surface area contributed by atoms with Gasteiger partial charge in [-0.3, -0.25) is 19.3 Å². The number of furan rings is 1. The van der Waals surface area contributed by atoms with Gasteiger partial charge in [-0.15, -0.1) is 0 Å². The average Bonchev–Trinajstić information content (AvgIpc) is 3.19. The van der Waals surface area contributed by atoms with Crippen molar-refractivity contribution in [3.05, 3.63) is 71.2 Å². The number of carboxylic acids is 3. The number of carboxylic acid groups (broad SMARTS) is 3. The van der Waals surface area contributed by atoms with Crippen LogP contribution in [0.1, 0.15) is 49.5 Å². The van der Waals surface area contributed by atoms with Crippen LogP contribution >= 0.6 is 0 Å². The number of fused-ring (bicyclic) bond motifs is 1. The van der Waals surface area contributed by atoms with Crippen molar-refractivity contribution in [3.63, 3.8) is 0 Å². The van der Waals surface area contributed by atoms with Crippen LogP contribution in [0.2, 0.25) is 0 Å². The number of para-hydroxylation sites is 1. The maximum absolute atomic E-state index is 14.5. The van der Waals surface area contributed by atoms with E-state index in [0.29, 0.717) is 18.4 Å². The number of amides is 1. The van der Waals surface area contributed by atoms with Gasteiger partial charge in [0.2, 0.25) is 5.91 Å². The van der Waals surface area contributed by atoms with E-state index in [1.165, 1.54) is 18.6 Å². The fraction of sp³-hybridized carbons (Fsp3) is 0.379. The molecule has 1 saturated heterocycles. The maximum atomic E-state index is 14.5. The van der Waals surface area contributed by atoms with Crippen molar-refractivity contribution in [1.29, 1.82) is 0 Å². The lowest BCUT2D eigenvalue weighted by Gasteiger charge is -2.42. The number of nitrogens with one attached hydrogen (secondary N) is 1. The molecule has 3 aromatic rings. The molecule has 1 aliphatic heterocycles. The van der Waals surface area contributed by atoms with E-state index in [4.69, 9.17) is 24.8 Å². The topological polar surface area (TPSA) is 178 Å². The molecule has 0 spiro atoms. The van der Waals surface area contributed by atoms with Gasteiger partial charge in [0.15, 0.2) is 5.60 Å². The highest BCUT2D eigenvalue weighted by Gasteiger charge is 2.41. The number of aliphatic carboxylic acids is 3. The first-order valence-corrected chi connectivity index (χ1v) is 12.9. The molecule has 0 saturated carbocycles. The second kappa shape index (κ2) is 12.9. The van der Waals surface area contributed by atoms with Crippen LogP contribution in [0.25, 0.3) is 11.0 Å². The van der Waals surface area contributed by atoms with Crippen molar-refractivity contribution >= 4 is 34.8 Å². The molecule has 0 unspecified atom stereocenters. The van der Waals surface area contributed by atoms with Crippen LogP contribution in [0.4, 0.5) is 4.39 Å². The zero-order valence-corrected chi connectivity index (χ0v) is 22.7. The normalized spacial score (nSPS) is 15.0. The summed E-state index contributed by atoms with van der Waals surface area (Å²) in [6.45, 7) is 5.83. The van der Waals surface area contributed by atoms with Gasteiger partial charge in [-0.1, -0.05) is 36.4 Å². The Morgan fingerprint density at radius 3 is 2.07 bits per heavy atom. The third-order valence-electron chi connectivity index (χ3n) is 7.08. The number of likely N-dealkylation sites (tertiary alicyclic amines) is 1. The van der Waals surface area contributed by atoms with Crippen LogP contribution in [0, 0.1) is 12.7 Å². The first kappa shape index (κ1) is 31.2. The van der Waals surface area contributed by atoms with E-state index in [1.54, 1.807) is 12.1 Å². The summed E-state index contributed by atoms with van der Waals surface area (Å²) < 4.78 is 20.4. The van der Waals surface area contributed by atoms with Crippen LogP contribution < -0.4 is 5.32 Å². The molecule has 1 amide bonds.